The van der Waals surface area contributed by atoms with E-state index in [0.29, 0.717) is 27.9 Å². The summed E-state index contributed by atoms with van der Waals surface area (Å²) in [5, 5.41) is 4.55. The number of para-hydroxylation sites is 1. The van der Waals surface area contributed by atoms with Crippen LogP contribution in [0.2, 0.25) is 0 Å². The third-order valence-corrected chi connectivity index (χ3v) is 8.29. The fourth-order valence-electron chi connectivity index (χ4n) is 6.40. The maximum atomic E-state index is 9.30. The van der Waals surface area contributed by atoms with E-state index in [0.717, 1.165) is 32.7 Å². The predicted molar refractivity (Wildman–Crippen MR) is 183 cm³/mol. The number of rotatable bonds is 3. The van der Waals surface area contributed by atoms with Crippen LogP contribution >= 0.6 is 0 Å². The second-order valence-corrected chi connectivity index (χ2v) is 10.7. The molecule has 0 spiro atoms. The lowest BCUT2D eigenvalue weighted by atomic mass is 9.85. The number of furan rings is 1. The summed E-state index contributed by atoms with van der Waals surface area (Å²) in [5.74, 6) is 0. The van der Waals surface area contributed by atoms with Crippen molar-refractivity contribution in [2.24, 2.45) is 0 Å². The van der Waals surface area contributed by atoms with Crippen LogP contribution in [0.4, 0.5) is 0 Å². The van der Waals surface area contributed by atoms with Gasteiger partial charge in [0.25, 0.3) is 0 Å². The van der Waals surface area contributed by atoms with Crippen molar-refractivity contribution in [1.29, 1.82) is 0 Å². The van der Waals surface area contributed by atoms with Gasteiger partial charge in [0.05, 0.1) is 11.0 Å². The van der Waals surface area contributed by atoms with Gasteiger partial charge < -0.3 is 4.42 Å². The van der Waals surface area contributed by atoms with Crippen molar-refractivity contribution in [2.75, 3.05) is 0 Å². The molecule has 0 aliphatic carbocycles. The zero-order chi connectivity index (χ0) is 35.3. The average molecular weight is 555 g/mol. The van der Waals surface area contributed by atoms with Crippen LogP contribution in [0, 0.1) is 0 Å². The van der Waals surface area contributed by atoms with Crippen molar-refractivity contribution in [3.8, 4) is 33.4 Å². The minimum absolute atomic E-state index is 0.166. The van der Waals surface area contributed by atoms with E-state index in [9.17, 15) is 5.48 Å². The molecule has 0 saturated carbocycles. The molecule has 8 aromatic carbocycles. The van der Waals surface area contributed by atoms with Gasteiger partial charge in [0.15, 0.2) is 0 Å². The van der Waals surface area contributed by atoms with E-state index < -0.39 is 24.2 Å². The normalized spacial score (nSPS) is 14.3. The van der Waals surface area contributed by atoms with Crippen LogP contribution in [0.1, 0.15) is 11.0 Å². The average Bonchev–Trinajstić information content (AvgIpc) is 3.54. The van der Waals surface area contributed by atoms with Crippen molar-refractivity contribution in [3.05, 3.63) is 158 Å². The lowest BCUT2D eigenvalue weighted by molar-refractivity contribution is 0.669. The monoisotopic (exact) mass is 554 g/mol. The molecule has 0 amide bonds. The second-order valence-electron chi connectivity index (χ2n) is 10.7. The Hall–Kier alpha value is -5.66. The van der Waals surface area contributed by atoms with Gasteiger partial charge in [0.2, 0.25) is 0 Å². The molecule has 0 saturated heterocycles. The molecule has 1 heterocycles. The van der Waals surface area contributed by atoms with E-state index in [2.05, 4.69) is 0 Å². The Morgan fingerprint density at radius 1 is 0.395 bits per heavy atom. The molecule has 0 radical (unpaired) electrons. The quantitative estimate of drug-likeness (QED) is 0.198. The van der Waals surface area contributed by atoms with E-state index in [-0.39, 0.29) is 51.3 Å². The van der Waals surface area contributed by atoms with Crippen LogP contribution < -0.4 is 0 Å². The van der Waals surface area contributed by atoms with E-state index in [1.165, 1.54) is 0 Å². The zero-order valence-electron chi connectivity index (χ0n) is 30.8. The summed E-state index contributed by atoms with van der Waals surface area (Å²) in [4.78, 5) is 0. The molecule has 0 bridgehead atoms. The van der Waals surface area contributed by atoms with Crippen LogP contribution in [0.15, 0.2) is 162 Å². The zero-order valence-corrected chi connectivity index (χ0v) is 22.8. The summed E-state index contributed by atoms with van der Waals surface area (Å²) in [6.45, 7) is 0. The van der Waals surface area contributed by atoms with Crippen molar-refractivity contribution in [3.63, 3.8) is 0 Å². The lowest BCUT2D eigenvalue weighted by Crippen LogP contribution is -1.91. The Morgan fingerprint density at radius 3 is 1.70 bits per heavy atom. The molecular weight excluding hydrogens is 520 g/mol. The standard InChI is InChI=1S/C42H26O/c1-2-15-31-27(11-1)12-10-21-32(31)28-13-9-14-29(25-28)41-35-17-3-5-19-37(35)42(38-20-6-4-18-36(38)41)30-23-24-34-33-16-7-8-22-39(33)43-40(34)26-30/h1-26H/i3D,4D,5D,6D,17D,18D,19D,20D. The molecule has 0 fully saturated rings. The van der Waals surface area contributed by atoms with Gasteiger partial charge >= 0.3 is 0 Å². The highest BCUT2D eigenvalue weighted by Gasteiger charge is 2.18. The molecule has 0 N–H and O–H groups in total. The summed E-state index contributed by atoms with van der Waals surface area (Å²) in [5.41, 5.74) is 4.71. The molecule has 9 rings (SSSR count). The van der Waals surface area contributed by atoms with Crippen molar-refractivity contribution >= 4 is 54.3 Å². The van der Waals surface area contributed by atoms with Gasteiger partial charge in [-0.1, -0.05) is 133 Å². The minimum Gasteiger partial charge on any atom is -0.456 e. The molecule has 1 nitrogen and oxygen atoms in total. The van der Waals surface area contributed by atoms with Crippen molar-refractivity contribution in [1.82, 2.24) is 0 Å². The first-order chi connectivity index (χ1) is 24.7. The Morgan fingerprint density at radius 2 is 0.953 bits per heavy atom. The number of benzene rings is 8. The van der Waals surface area contributed by atoms with E-state index in [1.807, 2.05) is 103 Å². The van der Waals surface area contributed by atoms with Gasteiger partial charge in [-0.3, -0.25) is 0 Å². The summed E-state index contributed by atoms with van der Waals surface area (Å²) >= 11 is 0. The Bertz CT molecular complexity index is 2880. The summed E-state index contributed by atoms with van der Waals surface area (Å²) in [6, 6.07) is 31.9. The van der Waals surface area contributed by atoms with E-state index in [4.69, 9.17) is 9.90 Å². The fourth-order valence-corrected chi connectivity index (χ4v) is 6.40. The summed E-state index contributed by atoms with van der Waals surface area (Å²) < 4.78 is 78.4. The van der Waals surface area contributed by atoms with Gasteiger partial charge in [-0.05, 0) is 90.0 Å². The topological polar surface area (TPSA) is 13.1 Å². The first-order valence-corrected chi connectivity index (χ1v) is 14.1. The first-order valence-electron chi connectivity index (χ1n) is 18.1. The molecule has 0 aliphatic rings. The molecule has 43 heavy (non-hydrogen) atoms. The summed E-state index contributed by atoms with van der Waals surface area (Å²) in [6.07, 6.45) is 0. The molecule has 0 atom stereocenters. The smallest absolute Gasteiger partial charge is 0.136 e. The SMILES string of the molecule is [2H]c1c([2H])c([2H])c2c(-c3ccc4c(c3)oc3ccccc34)c3c([2H])c([2H])c([2H])c([2H])c3c(-c3cccc(-c4cccc5ccccc45)c3)c2c1[2H]. The minimum atomic E-state index is -0.436. The van der Waals surface area contributed by atoms with Crippen LogP contribution in [0.25, 0.3) is 87.6 Å². The fraction of sp³-hybridized carbons (Fsp3) is 0. The highest BCUT2D eigenvalue weighted by Crippen LogP contribution is 2.45. The third-order valence-electron chi connectivity index (χ3n) is 8.29. The molecule has 0 unspecified atom stereocenters. The maximum absolute atomic E-state index is 9.30. The molecular formula is C42H26O. The van der Waals surface area contributed by atoms with Crippen molar-refractivity contribution < 1.29 is 15.4 Å². The Labute approximate surface area is 260 Å². The maximum Gasteiger partial charge on any atom is 0.136 e. The molecule has 1 aromatic heterocycles. The number of fused-ring (bicyclic) bond motifs is 6. The third kappa shape index (κ3) is 3.72. The highest BCUT2D eigenvalue weighted by atomic mass is 16.3. The van der Waals surface area contributed by atoms with Gasteiger partial charge in [0, 0.05) is 10.8 Å². The van der Waals surface area contributed by atoms with Crippen LogP contribution in [-0.4, -0.2) is 0 Å². The van der Waals surface area contributed by atoms with Gasteiger partial charge in [-0.2, -0.15) is 0 Å². The van der Waals surface area contributed by atoms with Crippen LogP contribution in [0.3, 0.4) is 0 Å². The second kappa shape index (κ2) is 9.44. The lowest BCUT2D eigenvalue weighted by Gasteiger charge is -2.18. The predicted octanol–water partition coefficient (Wildman–Crippen LogP) is 12.0. The van der Waals surface area contributed by atoms with Gasteiger partial charge in [0.1, 0.15) is 11.2 Å². The highest BCUT2D eigenvalue weighted by molar-refractivity contribution is 6.22. The first kappa shape index (κ1) is 17.3. The van der Waals surface area contributed by atoms with Crippen LogP contribution in [-0.2, 0) is 0 Å². The van der Waals surface area contributed by atoms with E-state index in [1.54, 1.807) is 6.07 Å². The van der Waals surface area contributed by atoms with Crippen LogP contribution in [0.5, 0.6) is 0 Å². The summed E-state index contributed by atoms with van der Waals surface area (Å²) in [7, 11) is 0. The largest absolute Gasteiger partial charge is 0.456 e. The van der Waals surface area contributed by atoms with E-state index >= 15 is 0 Å². The molecule has 1 heteroatoms. The van der Waals surface area contributed by atoms with Gasteiger partial charge in [-0.15, -0.1) is 0 Å². The van der Waals surface area contributed by atoms with Gasteiger partial charge in [-0.25, -0.2) is 0 Å². The molecule has 0 aliphatic heterocycles. The van der Waals surface area contributed by atoms with Crippen molar-refractivity contribution in [2.45, 2.75) is 0 Å². The Kier molecular flexibility index (Phi) is 3.80. The number of hydrogen-bond acceptors (Lipinski definition) is 1. The Balaban J connectivity index is 1.47. The molecule has 200 valence electrons. The number of hydrogen-bond donors (Lipinski definition) is 0. The molecule has 9 aromatic rings.